The zero-order valence-electron chi connectivity index (χ0n) is 15.3. The molecule has 1 aliphatic rings. The van der Waals surface area contributed by atoms with Crippen LogP contribution >= 0.6 is 11.8 Å². The summed E-state index contributed by atoms with van der Waals surface area (Å²) in [4.78, 5) is 24.7. The lowest BCUT2D eigenvalue weighted by Gasteiger charge is -2.25. The Balaban J connectivity index is 2.00. The lowest BCUT2D eigenvalue weighted by Crippen LogP contribution is -2.31. The van der Waals surface area contributed by atoms with E-state index in [1.54, 1.807) is 11.8 Å². The first-order chi connectivity index (χ1) is 13.4. The molecule has 0 amide bonds. The Morgan fingerprint density at radius 2 is 1.64 bits per heavy atom. The van der Waals surface area contributed by atoms with Crippen molar-refractivity contribution in [2.45, 2.75) is 22.3 Å². The van der Waals surface area contributed by atoms with Crippen molar-refractivity contribution in [2.24, 2.45) is 0 Å². The Kier molecular flexibility index (Phi) is 6.07. The third-order valence-corrected chi connectivity index (χ3v) is 6.89. The minimum atomic E-state index is -4.01. The van der Waals surface area contributed by atoms with Gasteiger partial charge >= 0.3 is 11.9 Å². The summed E-state index contributed by atoms with van der Waals surface area (Å²) in [5.41, 5.74) is 0.801. The minimum absolute atomic E-state index is 0.0506. The van der Waals surface area contributed by atoms with Crippen molar-refractivity contribution >= 4 is 33.7 Å². The molecule has 0 aliphatic carbocycles. The van der Waals surface area contributed by atoms with E-state index in [1.165, 1.54) is 32.4 Å². The molecule has 3 rings (SSSR count). The van der Waals surface area contributed by atoms with E-state index < -0.39 is 28.0 Å². The van der Waals surface area contributed by atoms with Crippen LogP contribution in [0.4, 0.5) is 0 Å². The maximum Gasteiger partial charge on any atom is 0.337 e. The summed E-state index contributed by atoms with van der Waals surface area (Å²) in [7, 11) is -1.65. The fourth-order valence-electron chi connectivity index (χ4n) is 2.95. The number of carbonyl (C=O) groups excluding carboxylic acids is 2. The largest absolute Gasteiger partial charge is 0.465 e. The highest BCUT2D eigenvalue weighted by molar-refractivity contribution is 7.99. The second-order valence-electron chi connectivity index (χ2n) is 6.08. The highest BCUT2D eigenvalue weighted by Crippen LogP contribution is 2.36. The smallest absolute Gasteiger partial charge is 0.337 e. The van der Waals surface area contributed by atoms with Gasteiger partial charge in [0, 0.05) is 10.9 Å². The zero-order valence-corrected chi connectivity index (χ0v) is 16.9. The predicted molar refractivity (Wildman–Crippen MR) is 104 cm³/mol. The van der Waals surface area contributed by atoms with E-state index >= 15 is 0 Å². The van der Waals surface area contributed by atoms with Crippen LogP contribution in [0.5, 0.6) is 0 Å². The number of nitrogens with one attached hydrogen (secondary N) is 1. The van der Waals surface area contributed by atoms with Crippen molar-refractivity contribution in [1.82, 2.24) is 4.72 Å². The SMILES string of the molecule is COC(=O)c1cc(C(=O)OC)cc(S(=O)(=O)N[C@H]2CCSc3ccccc32)c1. The molecule has 9 heteroatoms. The molecular weight excluding hydrogens is 402 g/mol. The van der Waals surface area contributed by atoms with Crippen molar-refractivity contribution in [3.05, 3.63) is 59.2 Å². The van der Waals surface area contributed by atoms with E-state index in [0.717, 1.165) is 16.2 Å². The summed E-state index contributed by atoms with van der Waals surface area (Å²) in [6.07, 6.45) is 0.626. The van der Waals surface area contributed by atoms with Gasteiger partial charge in [0.15, 0.2) is 0 Å². The molecule has 0 saturated carbocycles. The van der Waals surface area contributed by atoms with Gasteiger partial charge in [0.1, 0.15) is 0 Å². The van der Waals surface area contributed by atoms with Crippen LogP contribution in [0.3, 0.4) is 0 Å². The van der Waals surface area contributed by atoms with Crippen molar-refractivity contribution in [3.8, 4) is 0 Å². The summed E-state index contributed by atoms with van der Waals surface area (Å²) in [6.45, 7) is 0. The van der Waals surface area contributed by atoms with E-state index in [4.69, 9.17) is 0 Å². The fraction of sp³-hybridized carbons (Fsp3) is 0.263. The molecule has 7 nitrogen and oxygen atoms in total. The first-order valence-corrected chi connectivity index (χ1v) is 10.9. The number of sulfonamides is 1. The molecule has 0 fully saturated rings. The van der Waals surface area contributed by atoms with Gasteiger partial charge < -0.3 is 9.47 Å². The van der Waals surface area contributed by atoms with E-state index in [-0.39, 0.29) is 16.0 Å². The number of hydrogen-bond acceptors (Lipinski definition) is 7. The molecule has 1 N–H and O–H groups in total. The maximum absolute atomic E-state index is 13.0. The summed E-state index contributed by atoms with van der Waals surface area (Å²) >= 11 is 1.68. The van der Waals surface area contributed by atoms with E-state index in [9.17, 15) is 18.0 Å². The average molecular weight is 421 g/mol. The van der Waals surface area contributed by atoms with Crippen LogP contribution in [0.15, 0.2) is 52.3 Å². The number of rotatable bonds is 5. The van der Waals surface area contributed by atoms with Gasteiger partial charge in [-0.15, -0.1) is 11.8 Å². The normalized spacial score (nSPS) is 16.1. The zero-order chi connectivity index (χ0) is 20.3. The molecule has 0 radical (unpaired) electrons. The molecule has 0 aromatic heterocycles. The van der Waals surface area contributed by atoms with Gasteiger partial charge in [0.05, 0.1) is 30.2 Å². The van der Waals surface area contributed by atoms with Crippen LogP contribution in [0.25, 0.3) is 0 Å². The molecule has 1 atom stereocenters. The van der Waals surface area contributed by atoms with Crippen LogP contribution in [0.1, 0.15) is 38.7 Å². The van der Waals surface area contributed by atoms with Gasteiger partial charge in [-0.1, -0.05) is 18.2 Å². The lowest BCUT2D eigenvalue weighted by molar-refractivity contribution is 0.0598. The topological polar surface area (TPSA) is 98.8 Å². The number of methoxy groups -OCH3 is 2. The maximum atomic E-state index is 13.0. The second kappa shape index (κ2) is 8.34. The number of hydrogen-bond donors (Lipinski definition) is 1. The van der Waals surface area contributed by atoms with Crippen LogP contribution < -0.4 is 4.72 Å². The molecule has 1 heterocycles. The molecule has 28 heavy (non-hydrogen) atoms. The Morgan fingerprint density at radius 3 is 2.25 bits per heavy atom. The van der Waals surface area contributed by atoms with E-state index in [2.05, 4.69) is 14.2 Å². The van der Waals surface area contributed by atoms with Gasteiger partial charge in [0.2, 0.25) is 10.0 Å². The van der Waals surface area contributed by atoms with Gasteiger partial charge in [0.25, 0.3) is 0 Å². The van der Waals surface area contributed by atoms with Crippen LogP contribution in [0, 0.1) is 0 Å². The first kappa shape index (κ1) is 20.4. The van der Waals surface area contributed by atoms with Crippen LogP contribution in [-0.2, 0) is 19.5 Å². The monoisotopic (exact) mass is 421 g/mol. The number of ether oxygens (including phenoxy) is 2. The summed E-state index contributed by atoms with van der Waals surface area (Å²) in [5.74, 6) is -0.719. The Morgan fingerprint density at radius 1 is 1.04 bits per heavy atom. The van der Waals surface area contributed by atoms with Crippen molar-refractivity contribution in [3.63, 3.8) is 0 Å². The molecule has 148 valence electrons. The molecular formula is C19H19NO6S2. The molecule has 2 aromatic carbocycles. The average Bonchev–Trinajstić information content (AvgIpc) is 2.72. The Hall–Kier alpha value is -2.36. The number of carbonyl (C=O) groups is 2. The third kappa shape index (κ3) is 4.21. The van der Waals surface area contributed by atoms with Crippen molar-refractivity contribution in [2.75, 3.05) is 20.0 Å². The van der Waals surface area contributed by atoms with Crippen molar-refractivity contribution < 1.29 is 27.5 Å². The molecule has 0 bridgehead atoms. The Bertz CT molecular complexity index is 985. The molecule has 0 unspecified atom stereocenters. The lowest BCUT2D eigenvalue weighted by atomic mass is 10.1. The van der Waals surface area contributed by atoms with Crippen molar-refractivity contribution in [1.29, 1.82) is 0 Å². The van der Waals surface area contributed by atoms with Gasteiger partial charge in [-0.05, 0) is 42.0 Å². The molecule has 1 aliphatic heterocycles. The highest BCUT2D eigenvalue weighted by atomic mass is 32.2. The summed E-state index contributed by atoms with van der Waals surface area (Å²) in [5, 5.41) is 0. The highest BCUT2D eigenvalue weighted by Gasteiger charge is 2.27. The van der Waals surface area contributed by atoms with Gasteiger partial charge in [-0.25, -0.2) is 22.7 Å². The van der Waals surface area contributed by atoms with Crippen LogP contribution in [0.2, 0.25) is 0 Å². The van der Waals surface area contributed by atoms with Gasteiger partial charge in [-0.3, -0.25) is 0 Å². The minimum Gasteiger partial charge on any atom is -0.465 e. The number of fused-ring (bicyclic) bond motifs is 1. The Labute approximate surface area is 167 Å². The van der Waals surface area contributed by atoms with Crippen LogP contribution in [-0.4, -0.2) is 40.3 Å². The number of esters is 2. The molecule has 0 saturated heterocycles. The standard InChI is InChI=1S/C19H19NO6S2/c1-25-18(21)12-9-13(19(22)26-2)11-14(10-12)28(23,24)20-16-7-8-27-17-6-4-3-5-15(16)17/h3-6,9-11,16,20H,7-8H2,1-2H3/t16-/m0/s1. The quantitative estimate of drug-likeness (QED) is 0.741. The summed E-state index contributed by atoms with van der Waals surface area (Å²) < 4.78 is 38.0. The third-order valence-electron chi connectivity index (χ3n) is 4.31. The molecule has 2 aromatic rings. The van der Waals surface area contributed by atoms with E-state index in [0.29, 0.717) is 6.42 Å². The van der Waals surface area contributed by atoms with Gasteiger partial charge in [-0.2, -0.15) is 0 Å². The fourth-order valence-corrected chi connectivity index (χ4v) is 5.39. The van der Waals surface area contributed by atoms with E-state index in [1.807, 2.05) is 24.3 Å². The number of thioether (sulfide) groups is 1. The second-order valence-corrected chi connectivity index (χ2v) is 8.93. The first-order valence-electron chi connectivity index (χ1n) is 8.41. The predicted octanol–water partition coefficient (Wildman–Crippen LogP) is 2.78. The number of benzene rings is 2. The summed E-state index contributed by atoms with van der Waals surface area (Å²) in [6, 6.07) is 10.8. The molecule has 0 spiro atoms.